The van der Waals surface area contributed by atoms with Gasteiger partial charge in [0.05, 0.1) is 26.3 Å². The minimum Gasteiger partial charge on any atom is -0.493 e. The number of nitrogens with zero attached hydrogens (tertiary/aromatic N) is 4. The zero-order valence-electron chi connectivity index (χ0n) is 21.1. The topological polar surface area (TPSA) is 67.8 Å². The van der Waals surface area contributed by atoms with Gasteiger partial charge >= 0.3 is 0 Å². The Labute approximate surface area is 217 Å². The first kappa shape index (κ1) is 24.3. The minimum atomic E-state index is 0.155. The zero-order valence-corrected chi connectivity index (χ0v) is 21.1. The van der Waals surface area contributed by atoms with Crippen LogP contribution in [-0.2, 0) is 11.2 Å². The predicted molar refractivity (Wildman–Crippen MR) is 145 cm³/mol. The second-order valence-corrected chi connectivity index (χ2v) is 8.95. The Morgan fingerprint density at radius 1 is 0.730 bits per heavy atom. The smallest absolute Gasteiger partial charge is 0.227 e. The Morgan fingerprint density at radius 2 is 1.41 bits per heavy atom. The fourth-order valence-corrected chi connectivity index (χ4v) is 4.56. The van der Waals surface area contributed by atoms with Crippen molar-refractivity contribution in [3.05, 3.63) is 90.5 Å². The molecule has 5 rings (SSSR count). The number of piperazine rings is 1. The highest BCUT2D eigenvalue weighted by molar-refractivity contribution is 5.79. The van der Waals surface area contributed by atoms with Gasteiger partial charge in [-0.15, -0.1) is 10.2 Å². The second-order valence-electron chi connectivity index (χ2n) is 8.95. The van der Waals surface area contributed by atoms with E-state index in [1.54, 1.807) is 14.2 Å². The maximum Gasteiger partial charge on any atom is 0.227 e. The molecular formula is C30H30N4O3. The lowest BCUT2D eigenvalue weighted by Gasteiger charge is -2.35. The first-order valence-electron chi connectivity index (χ1n) is 12.4. The van der Waals surface area contributed by atoms with Crippen molar-refractivity contribution >= 4 is 11.7 Å². The molecule has 4 aromatic rings. The maximum absolute atomic E-state index is 12.9. The lowest BCUT2D eigenvalue weighted by Crippen LogP contribution is -2.49. The molecule has 0 spiro atoms. The van der Waals surface area contributed by atoms with E-state index in [-0.39, 0.29) is 5.91 Å². The number of methoxy groups -OCH3 is 2. The van der Waals surface area contributed by atoms with Crippen LogP contribution in [0.4, 0.5) is 5.82 Å². The van der Waals surface area contributed by atoms with Crippen LogP contribution < -0.4 is 14.4 Å². The van der Waals surface area contributed by atoms with Crippen LogP contribution in [0.15, 0.2) is 84.9 Å². The largest absolute Gasteiger partial charge is 0.493 e. The van der Waals surface area contributed by atoms with E-state index >= 15 is 0 Å². The molecule has 7 nitrogen and oxygen atoms in total. The summed E-state index contributed by atoms with van der Waals surface area (Å²) in [4.78, 5) is 17.0. The molecular weight excluding hydrogens is 464 g/mol. The zero-order chi connectivity index (χ0) is 25.6. The number of carbonyl (C=O) groups is 1. The van der Waals surface area contributed by atoms with Gasteiger partial charge in [-0.3, -0.25) is 4.79 Å². The highest BCUT2D eigenvalue weighted by Crippen LogP contribution is 2.31. The molecule has 0 radical (unpaired) electrons. The number of benzene rings is 3. The first-order valence-corrected chi connectivity index (χ1v) is 12.4. The van der Waals surface area contributed by atoms with Crippen LogP contribution in [0.2, 0.25) is 0 Å². The molecule has 1 saturated heterocycles. The molecule has 0 aliphatic carbocycles. The molecule has 1 aliphatic heterocycles. The van der Waals surface area contributed by atoms with E-state index in [1.807, 2.05) is 65.6 Å². The van der Waals surface area contributed by atoms with Crippen molar-refractivity contribution in [2.24, 2.45) is 0 Å². The van der Waals surface area contributed by atoms with E-state index in [0.29, 0.717) is 31.0 Å². The van der Waals surface area contributed by atoms with Crippen molar-refractivity contribution in [3.8, 4) is 33.9 Å². The Balaban J connectivity index is 1.16. The maximum atomic E-state index is 12.9. The van der Waals surface area contributed by atoms with Crippen LogP contribution in [0.1, 0.15) is 5.56 Å². The third-order valence-electron chi connectivity index (χ3n) is 6.70. The van der Waals surface area contributed by atoms with Gasteiger partial charge in [0.25, 0.3) is 0 Å². The highest BCUT2D eigenvalue weighted by atomic mass is 16.5. The van der Waals surface area contributed by atoms with Gasteiger partial charge < -0.3 is 19.3 Å². The number of anilines is 1. The number of rotatable bonds is 7. The van der Waals surface area contributed by atoms with E-state index < -0.39 is 0 Å². The van der Waals surface area contributed by atoms with Crippen molar-refractivity contribution in [1.29, 1.82) is 0 Å². The van der Waals surface area contributed by atoms with Gasteiger partial charge in [0.1, 0.15) is 0 Å². The highest BCUT2D eigenvalue weighted by Gasteiger charge is 2.22. The molecule has 2 heterocycles. The molecule has 1 aromatic heterocycles. The SMILES string of the molecule is COc1ccc(-c2ccc(N3CCN(C(=O)Cc4ccc(-c5ccccc5)cc4)CC3)nn2)cc1OC. The lowest BCUT2D eigenvalue weighted by atomic mass is 10.0. The summed E-state index contributed by atoms with van der Waals surface area (Å²) in [5.74, 6) is 2.29. The molecule has 37 heavy (non-hydrogen) atoms. The molecule has 0 unspecified atom stereocenters. The van der Waals surface area contributed by atoms with Gasteiger partial charge in [0.15, 0.2) is 17.3 Å². The van der Waals surface area contributed by atoms with Crippen LogP contribution in [0.5, 0.6) is 11.5 Å². The van der Waals surface area contributed by atoms with Gasteiger partial charge in [-0.1, -0.05) is 54.6 Å². The molecule has 3 aromatic carbocycles. The molecule has 1 fully saturated rings. The number of hydrogen-bond donors (Lipinski definition) is 0. The fraction of sp³-hybridized carbons (Fsp3) is 0.233. The molecule has 0 saturated carbocycles. The number of amides is 1. The van der Waals surface area contributed by atoms with Gasteiger partial charge in [0, 0.05) is 31.7 Å². The van der Waals surface area contributed by atoms with Crippen molar-refractivity contribution < 1.29 is 14.3 Å². The normalized spacial score (nSPS) is 13.4. The van der Waals surface area contributed by atoms with Crippen molar-refractivity contribution in [2.45, 2.75) is 6.42 Å². The van der Waals surface area contributed by atoms with E-state index in [2.05, 4.69) is 39.4 Å². The molecule has 1 amide bonds. The Kier molecular flexibility index (Phi) is 7.31. The van der Waals surface area contributed by atoms with Gasteiger partial charge in [-0.2, -0.15) is 0 Å². The van der Waals surface area contributed by atoms with Crippen LogP contribution in [0, 0.1) is 0 Å². The van der Waals surface area contributed by atoms with Gasteiger partial charge in [-0.25, -0.2) is 0 Å². The lowest BCUT2D eigenvalue weighted by molar-refractivity contribution is -0.130. The number of aromatic nitrogens is 2. The standard InChI is InChI=1S/C30H30N4O3/c1-36-27-14-12-25(21-28(27)37-2)26-13-15-29(32-31-26)33-16-18-34(19-17-33)30(35)20-22-8-10-24(11-9-22)23-6-4-3-5-7-23/h3-15,21H,16-20H2,1-2H3. The summed E-state index contributed by atoms with van der Waals surface area (Å²) in [5.41, 5.74) is 5.03. The average Bonchev–Trinajstić information content (AvgIpc) is 2.98. The van der Waals surface area contributed by atoms with Crippen molar-refractivity contribution in [1.82, 2.24) is 15.1 Å². The van der Waals surface area contributed by atoms with Gasteiger partial charge in [0.2, 0.25) is 5.91 Å². The fourth-order valence-electron chi connectivity index (χ4n) is 4.56. The third-order valence-corrected chi connectivity index (χ3v) is 6.70. The second kappa shape index (κ2) is 11.1. The van der Waals surface area contributed by atoms with E-state index in [4.69, 9.17) is 9.47 Å². The minimum absolute atomic E-state index is 0.155. The number of hydrogen-bond acceptors (Lipinski definition) is 6. The predicted octanol–water partition coefficient (Wildman–Crippen LogP) is 4.72. The van der Waals surface area contributed by atoms with E-state index in [9.17, 15) is 4.79 Å². The van der Waals surface area contributed by atoms with E-state index in [1.165, 1.54) is 5.56 Å². The summed E-state index contributed by atoms with van der Waals surface area (Å²) in [6.45, 7) is 2.78. The van der Waals surface area contributed by atoms with Crippen LogP contribution in [0.3, 0.4) is 0 Å². The summed E-state index contributed by atoms with van der Waals surface area (Å²) >= 11 is 0. The Hall–Kier alpha value is -4.39. The van der Waals surface area contributed by atoms with Crippen LogP contribution >= 0.6 is 0 Å². The molecule has 0 atom stereocenters. The van der Waals surface area contributed by atoms with Gasteiger partial charge in [-0.05, 0) is 47.0 Å². The summed E-state index contributed by atoms with van der Waals surface area (Å²) in [5, 5.41) is 8.87. The molecule has 1 aliphatic rings. The van der Waals surface area contributed by atoms with Crippen LogP contribution in [0.25, 0.3) is 22.4 Å². The summed E-state index contributed by atoms with van der Waals surface area (Å²) < 4.78 is 10.7. The van der Waals surface area contributed by atoms with Crippen LogP contribution in [-0.4, -0.2) is 61.4 Å². The first-order chi connectivity index (χ1) is 18.1. The summed E-state index contributed by atoms with van der Waals surface area (Å²) in [6, 6.07) is 28.1. The average molecular weight is 495 g/mol. The molecule has 7 heteroatoms. The molecule has 188 valence electrons. The monoisotopic (exact) mass is 494 g/mol. The number of ether oxygens (including phenoxy) is 2. The summed E-state index contributed by atoms with van der Waals surface area (Å²) in [6.07, 6.45) is 0.412. The molecule has 0 bridgehead atoms. The summed E-state index contributed by atoms with van der Waals surface area (Å²) in [7, 11) is 3.23. The molecule has 0 N–H and O–H groups in total. The Morgan fingerprint density at radius 3 is 2.05 bits per heavy atom. The van der Waals surface area contributed by atoms with E-state index in [0.717, 1.165) is 41.3 Å². The third kappa shape index (κ3) is 5.56. The van der Waals surface area contributed by atoms with Crippen molar-refractivity contribution in [3.63, 3.8) is 0 Å². The Bertz CT molecular complexity index is 1330. The number of carbonyl (C=O) groups excluding carboxylic acids is 1. The van der Waals surface area contributed by atoms with Crippen molar-refractivity contribution in [2.75, 3.05) is 45.3 Å². The quantitative estimate of drug-likeness (QED) is 0.370.